The Balaban J connectivity index is 1.25. The number of oxime groups is 2. The summed E-state index contributed by atoms with van der Waals surface area (Å²) < 4.78 is 0. The second-order valence-corrected chi connectivity index (χ2v) is 11.8. The topological polar surface area (TPSA) is 69.0 Å². The molecule has 2 heterocycles. The second kappa shape index (κ2) is 11.2. The molecule has 0 spiro atoms. The van der Waals surface area contributed by atoms with Gasteiger partial charge in [-0.05, 0) is 80.3 Å². The SMILES string of the molecule is Cc1ccc2c(n1)C(=NOCC(C)(C)CON=C1CC(C)Cc3ccc(-c4ccc(Cl)cc4)nc31)CCC2. The molecule has 0 amide bonds. The highest BCUT2D eigenvalue weighted by molar-refractivity contribution is 6.30. The van der Waals surface area contributed by atoms with Gasteiger partial charge >= 0.3 is 0 Å². The van der Waals surface area contributed by atoms with Crippen molar-refractivity contribution in [3.8, 4) is 11.3 Å². The number of nitrogens with zero attached hydrogens (tertiary/aromatic N) is 4. The molecular formula is C31H35ClN4O2. The predicted octanol–water partition coefficient (Wildman–Crippen LogP) is 7.19. The van der Waals surface area contributed by atoms with Crippen molar-refractivity contribution in [3.63, 3.8) is 0 Å². The average Bonchev–Trinajstić information content (AvgIpc) is 2.89. The molecule has 0 saturated heterocycles. The summed E-state index contributed by atoms with van der Waals surface area (Å²) in [7, 11) is 0. The van der Waals surface area contributed by atoms with E-state index in [-0.39, 0.29) is 5.41 Å². The summed E-state index contributed by atoms with van der Waals surface area (Å²) in [6.07, 6.45) is 4.81. The van der Waals surface area contributed by atoms with E-state index < -0.39 is 0 Å². The molecule has 7 heteroatoms. The maximum atomic E-state index is 6.07. The largest absolute Gasteiger partial charge is 0.395 e. The molecule has 0 fully saturated rings. The molecule has 0 N–H and O–H groups in total. The van der Waals surface area contributed by atoms with Crippen molar-refractivity contribution >= 4 is 23.0 Å². The van der Waals surface area contributed by atoms with Crippen molar-refractivity contribution in [1.82, 2.24) is 9.97 Å². The molecule has 198 valence electrons. The van der Waals surface area contributed by atoms with Gasteiger partial charge in [0.2, 0.25) is 0 Å². The Bertz CT molecular complexity index is 1360. The van der Waals surface area contributed by atoms with E-state index in [0.29, 0.717) is 24.2 Å². The van der Waals surface area contributed by atoms with Crippen molar-refractivity contribution in [2.45, 2.75) is 59.8 Å². The zero-order valence-electron chi connectivity index (χ0n) is 22.6. The number of halogens is 1. The van der Waals surface area contributed by atoms with Gasteiger partial charge < -0.3 is 9.68 Å². The third-order valence-corrected chi connectivity index (χ3v) is 7.27. The van der Waals surface area contributed by atoms with Crippen LogP contribution in [0.4, 0.5) is 0 Å². The van der Waals surface area contributed by atoms with Gasteiger partial charge in [-0.2, -0.15) is 0 Å². The number of aryl methyl sites for hydroxylation is 2. The standard InChI is InChI=1S/C31H35ClN4O2/c1-20-16-24-12-15-26(22-10-13-25(32)14-11-22)34-30(24)28(17-20)36-38-19-31(3,4)18-37-35-27-7-5-6-23-9-8-21(2)33-29(23)27/h8-15,20H,5-7,16-19H2,1-4H3. The minimum absolute atomic E-state index is 0.270. The third-order valence-electron chi connectivity index (χ3n) is 7.01. The highest BCUT2D eigenvalue weighted by Gasteiger charge is 2.25. The molecular weight excluding hydrogens is 496 g/mol. The Morgan fingerprint density at radius 1 is 0.842 bits per heavy atom. The fourth-order valence-corrected chi connectivity index (χ4v) is 5.07. The Hall–Kier alpha value is -3.25. The quantitative estimate of drug-likeness (QED) is 0.303. The highest BCUT2D eigenvalue weighted by atomic mass is 35.5. The molecule has 38 heavy (non-hydrogen) atoms. The van der Waals surface area contributed by atoms with Gasteiger partial charge in [-0.1, -0.05) is 66.9 Å². The van der Waals surface area contributed by atoms with E-state index in [1.165, 1.54) is 11.1 Å². The fraction of sp³-hybridized carbons (Fsp3) is 0.419. The number of hydrogen-bond acceptors (Lipinski definition) is 6. The van der Waals surface area contributed by atoms with Gasteiger partial charge in [-0.25, -0.2) is 4.98 Å². The molecule has 0 aliphatic heterocycles. The smallest absolute Gasteiger partial charge is 0.125 e. The van der Waals surface area contributed by atoms with Crippen LogP contribution in [-0.2, 0) is 22.5 Å². The average molecular weight is 531 g/mol. The molecule has 2 aromatic heterocycles. The summed E-state index contributed by atoms with van der Waals surface area (Å²) in [4.78, 5) is 21.4. The number of fused-ring (bicyclic) bond motifs is 2. The van der Waals surface area contributed by atoms with E-state index >= 15 is 0 Å². The van der Waals surface area contributed by atoms with Crippen LogP contribution in [0.2, 0.25) is 5.02 Å². The van der Waals surface area contributed by atoms with Crippen molar-refractivity contribution in [1.29, 1.82) is 0 Å². The first-order valence-corrected chi connectivity index (χ1v) is 13.8. The van der Waals surface area contributed by atoms with Crippen LogP contribution in [0.15, 0.2) is 58.8 Å². The van der Waals surface area contributed by atoms with Crippen LogP contribution in [0.1, 0.15) is 68.2 Å². The van der Waals surface area contributed by atoms with Crippen LogP contribution in [0, 0.1) is 18.3 Å². The molecule has 1 atom stereocenters. The monoisotopic (exact) mass is 530 g/mol. The van der Waals surface area contributed by atoms with Crippen LogP contribution < -0.4 is 0 Å². The number of pyridine rings is 2. The summed E-state index contributed by atoms with van der Waals surface area (Å²) in [5.74, 6) is 0.482. The molecule has 2 aliphatic carbocycles. The Labute approximate surface area is 230 Å². The molecule has 1 unspecified atom stereocenters. The van der Waals surface area contributed by atoms with Crippen molar-refractivity contribution in [2.75, 3.05) is 13.2 Å². The lowest BCUT2D eigenvalue weighted by atomic mass is 9.86. The lowest BCUT2D eigenvalue weighted by Crippen LogP contribution is -2.26. The van der Waals surface area contributed by atoms with E-state index in [2.05, 4.69) is 55.3 Å². The maximum Gasteiger partial charge on any atom is 0.125 e. The first kappa shape index (κ1) is 26.4. The van der Waals surface area contributed by atoms with Gasteiger partial charge in [0.05, 0.1) is 17.1 Å². The number of aromatic nitrogens is 2. The van der Waals surface area contributed by atoms with Crippen molar-refractivity contribution < 1.29 is 9.68 Å². The van der Waals surface area contributed by atoms with Gasteiger partial charge in [-0.15, -0.1) is 0 Å². The van der Waals surface area contributed by atoms with E-state index in [0.717, 1.165) is 71.9 Å². The van der Waals surface area contributed by atoms with Gasteiger partial charge in [0.1, 0.15) is 24.6 Å². The summed E-state index contributed by atoms with van der Waals surface area (Å²) in [6, 6.07) is 16.2. The van der Waals surface area contributed by atoms with Crippen LogP contribution in [0.25, 0.3) is 11.3 Å². The normalized spacial score (nSPS) is 19.2. The Kier molecular flexibility index (Phi) is 7.80. The van der Waals surface area contributed by atoms with Crippen LogP contribution >= 0.6 is 11.6 Å². The summed E-state index contributed by atoms with van der Waals surface area (Å²) >= 11 is 6.07. The fourth-order valence-electron chi connectivity index (χ4n) is 4.94. The van der Waals surface area contributed by atoms with Gasteiger partial charge in [-0.3, -0.25) is 4.98 Å². The molecule has 0 bridgehead atoms. The highest BCUT2D eigenvalue weighted by Crippen LogP contribution is 2.29. The minimum atomic E-state index is -0.270. The molecule has 6 nitrogen and oxygen atoms in total. The lowest BCUT2D eigenvalue weighted by Gasteiger charge is -2.24. The molecule has 1 aromatic carbocycles. The summed E-state index contributed by atoms with van der Waals surface area (Å²) in [6.45, 7) is 9.28. The molecule has 0 saturated carbocycles. The Morgan fingerprint density at radius 2 is 1.53 bits per heavy atom. The summed E-state index contributed by atoms with van der Waals surface area (Å²) in [5, 5.41) is 9.77. The van der Waals surface area contributed by atoms with E-state index in [1.807, 2.05) is 31.2 Å². The number of rotatable bonds is 7. The van der Waals surface area contributed by atoms with E-state index in [9.17, 15) is 0 Å². The molecule has 0 radical (unpaired) electrons. The minimum Gasteiger partial charge on any atom is -0.395 e. The Morgan fingerprint density at radius 3 is 2.29 bits per heavy atom. The lowest BCUT2D eigenvalue weighted by molar-refractivity contribution is -0.000373. The van der Waals surface area contributed by atoms with Gasteiger partial charge in [0, 0.05) is 21.7 Å². The molecule has 3 aromatic rings. The van der Waals surface area contributed by atoms with Crippen LogP contribution in [0.3, 0.4) is 0 Å². The number of hydrogen-bond donors (Lipinski definition) is 0. The summed E-state index contributed by atoms with van der Waals surface area (Å²) in [5.41, 5.74) is 8.85. The van der Waals surface area contributed by atoms with Gasteiger partial charge in [0.25, 0.3) is 0 Å². The van der Waals surface area contributed by atoms with Gasteiger partial charge in [0.15, 0.2) is 0 Å². The third kappa shape index (κ3) is 6.24. The zero-order chi connectivity index (χ0) is 26.7. The first-order chi connectivity index (χ1) is 18.3. The maximum absolute atomic E-state index is 6.07. The van der Waals surface area contributed by atoms with Crippen molar-refractivity contribution in [2.24, 2.45) is 21.6 Å². The number of benzene rings is 1. The molecule has 5 rings (SSSR count). The van der Waals surface area contributed by atoms with E-state index in [4.69, 9.17) is 31.2 Å². The molecule has 2 aliphatic rings. The predicted molar refractivity (Wildman–Crippen MR) is 153 cm³/mol. The first-order valence-electron chi connectivity index (χ1n) is 13.4. The van der Waals surface area contributed by atoms with Crippen molar-refractivity contribution in [3.05, 3.63) is 81.8 Å². The van der Waals surface area contributed by atoms with Crippen LogP contribution in [0.5, 0.6) is 0 Å². The second-order valence-electron chi connectivity index (χ2n) is 11.3. The van der Waals surface area contributed by atoms with Crippen LogP contribution in [-0.4, -0.2) is 34.6 Å². The van der Waals surface area contributed by atoms with E-state index in [1.54, 1.807) is 0 Å². The zero-order valence-corrected chi connectivity index (χ0v) is 23.4.